The maximum Gasteiger partial charge on any atom is 0.224 e. The van der Waals surface area contributed by atoms with E-state index in [0.29, 0.717) is 28.8 Å². The van der Waals surface area contributed by atoms with Gasteiger partial charge >= 0.3 is 0 Å². The van der Waals surface area contributed by atoms with Crippen LogP contribution in [-0.4, -0.2) is 26.1 Å². The fraction of sp³-hybridized carbons (Fsp3) is 0.500. The average molecular weight is 319 g/mol. The Labute approximate surface area is 130 Å². The van der Waals surface area contributed by atoms with Crippen molar-refractivity contribution in [1.82, 2.24) is 5.32 Å². The second-order valence-corrected chi connectivity index (χ2v) is 5.23. The van der Waals surface area contributed by atoms with Crippen LogP contribution in [0.25, 0.3) is 0 Å². The van der Waals surface area contributed by atoms with E-state index in [1.807, 2.05) is 0 Å². The predicted molar refractivity (Wildman–Crippen MR) is 84.1 cm³/mol. The van der Waals surface area contributed by atoms with Crippen LogP contribution in [0, 0.1) is 5.92 Å². The van der Waals surface area contributed by atoms with E-state index in [1.54, 1.807) is 25.3 Å². The summed E-state index contributed by atoms with van der Waals surface area (Å²) in [6, 6.07) is 5.20. The average Bonchev–Trinajstić information content (AvgIpc) is 2.40. The molecular formula is C14H20Cl2N2O2. The van der Waals surface area contributed by atoms with Gasteiger partial charge in [-0.15, -0.1) is 12.4 Å². The van der Waals surface area contributed by atoms with Crippen LogP contribution in [0.2, 0.25) is 5.02 Å². The Morgan fingerprint density at radius 2 is 2.15 bits per heavy atom. The van der Waals surface area contributed by atoms with Crippen LogP contribution >= 0.6 is 24.0 Å². The molecular weight excluding hydrogens is 299 g/mol. The third kappa shape index (κ3) is 4.85. The zero-order chi connectivity index (χ0) is 13.7. The van der Waals surface area contributed by atoms with Crippen LogP contribution < -0.4 is 15.4 Å². The molecule has 0 spiro atoms. The number of carbonyl (C=O) groups excluding carboxylic acids is 1. The molecule has 0 atom stereocenters. The lowest BCUT2D eigenvalue weighted by molar-refractivity contribution is -0.117. The smallest absolute Gasteiger partial charge is 0.224 e. The number of anilines is 1. The number of rotatable bonds is 4. The molecule has 0 saturated carbocycles. The molecule has 2 rings (SSSR count). The summed E-state index contributed by atoms with van der Waals surface area (Å²) in [4.78, 5) is 12.0. The van der Waals surface area contributed by atoms with Crippen molar-refractivity contribution in [1.29, 1.82) is 0 Å². The van der Waals surface area contributed by atoms with E-state index in [2.05, 4.69) is 10.6 Å². The summed E-state index contributed by atoms with van der Waals surface area (Å²) in [5.41, 5.74) is 0.633. The molecule has 4 nitrogen and oxygen atoms in total. The standard InChI is InChI=1S/C14H19ClN2O2.ClH/c1-19-13-3-2-11(15)9-12(13)17-14(18)8-10-4-6-16-7-5-10;/h2-3,9-10,16H,4-8H2,1H3,(H,17,18);1H. The fourth-order valence-electron chi connectivity index (χ4n) is 2.33. The third-order valence-corrected chi connectivity index (χ3v) is 3.60. The highest BCUT2D eigenvalue weighted by atomic mass is 35.5. The Balaban J connectivity index is 0.00000200. The van der Waals surface area contributed by atoms with Gasteiger partial charge in [-0.05, 0) is 50.0 Å². The van der Waals surface area contributed by atoms with Gasteiger partial charge in [0, 0.05) is 11.4 Å². The number of ether oxygens (including phenoxy) is 1. The number of nitrogens with one attached hydrogen (secondary N) is 2. The highest BCUT2D eigenvalue weighted by molar-refractivity contribution is 6.31. The zero-order valence-electron chi connectivity index (χ0n) is 11.4. The van der Waals surface area contributed by atoms with Crippen molar-refractivity contribution in [3.8, 4) is 5.75 Å². The minimum Gasteiger partial charge on any atom is -0.495 e. The lowest BCUT2D eigenvalue weighted by Crippen LogP contribution is -2.30. The Hall–Kier alpha value is -0.970. The van der Waals surface area contributed by atoms with Gasteiger partial charge in [0.25, 0.3) is 0 Å². The van der Waals surface area contributed by atoms with E-state index in [0.717, 1.165) is 25.9 Å². The Kier molecular flexibility index (Phi) is 7.13. The molecule has 6 heteroatoms. The molecule has 1 amide bonds. The molecule has 1 heterocycles. The zero-order valence-corrected chi connectivity index (χ0v) is 13.0. The second kappa shape index (κ2) is 8.35. The van der Waals surface area contributed by atoms with Crippen molar-refractivity contribution in [3.63, 3.8) is 0 Å². The molecule has 0 radical (unpaired) electrons. The van der Waals surface area contributed by atoms with Gasteiger partial charge in [-0.2, -0.15) is 0 Å². The molecule has 1 aliphatic heterocycles. The van der Waals surface area contributed by atoms with Gasteiger partial charge in [0.15, 0.2) is 0 Å². The van der Waals surface area contributed by atoms with Crippen LogP contribution in [0.4, 0.5) is 5.69 Å². The number of halogens is 2. The maximum absolute atomic E-state index is 12.0. The largest absolute Gasteiger partial charge is 0.495 e. The van der Waals surface area contributed by atoms with Gasteiger partial charge < -0.3 is 15.4 Å². The van der Waals surface area contributed by atoms with E-state index < -0.39 is 0 Å². The van der Waals surface area contributed by atoms with Crippen LogP contribution in [0.5, 0.6) is 5.75 Å². The summed E-state index contributed by atoms with van der Waals surface area (Å²) < 4.78 is 5.21. The van der Waals surface area contributed by atoms with E-state index in [1.165, 1.54) is 0 Å². The first-order chi connectivity index (χ1) is 9.19. The highest BCUT2D eigenvalue weighted by Gasteiger charge is 2.17. The molecule has 112 valence electrons. The topological polar surface area (TPSA) is 50.4 Å². The molecule has 0 bridgehead atoms. The number of hydrogen-bond acceptors (Lipinski definition) is 3. The van der Waals surface area contributed by atoms with Crippen molar-refractivity contribution >= 4 is 35.6 Å². The monoisotopic (exact) mass is 318 g/mol. The summed E-state index contributed by atoms with van der Waals surface area (Å²) in [6.07, 6.45) is 2.66. The van der Waals surface area contributed by atoms with Crippen molar-refractivity contribution < 1.29 is 9.53 Å². The Morgan fingerprint density at radius 3 is 2.80 bits per heavy atom. The summed E-state index contributed by atoms with van der Waals surface area (Å²) >= 11 is 5.93. The first kappa shape index (κ1) is 17.1. The predicted octanol–water partition coefficient (Wildman–Crippen LogP) is 3.10. The summed E-state index contributed by atoms with van der Waals surface area (Å²) in [5, 5.41) is 6.76. The van der Waals surface area contributed by atoms with E-state index in [4.69, 9.17) is 16.3 Å². The molecule has 0 aliphatic carbocycles. The normalized spacial score (nSPS) is 15.3. The van der Waals surface area contributed by atoms with Crippen LogP contribution in [0.3, 0.4) is 0 Å². The maximum atomic E-state index is 12.0. The van der Waals surface area contributed by atoms with Gasteiger partial charge in [0.05, 0.1) is 12.8 Å². The second-order valence-electron chi connectivity index (χ2n) is 4.79. The molecule has 1 aromatic carbocycles. The van der Waals surface area contributed by atoms with Crippen molar-refractivity contribution in [2.24, 2.45) is 5.92 Å². The van der Waals surface area contributed by atoms with Crippen LogP contribution in [0.1, 0.15) is 19.3 Å². The SMILES string of the molecule is COc1ccc(Cl)cc1NC(=O)CC1CCNCC1.Cl. The first-order valence-corrected chi connectivity index (χ1v) is 6.91. The molecule has 1 saturated heterocycles. The molecule has 1 aromatic rings. The number of methoxy groups -OCH3 is 1. The lowest BCUT2D eigenvalue weighted by Gasteiger charge is -2.22. The number of carbonyl (C=O) groups is 1. The fourth-order valence-corrected chi connectivity index (χ4v) is 2.50. The summed E-state index contributed by atoms with van der Waals surface area (Å²) in [6.45, 7) is 2.00. The van der Waals surface area contributed by atoms with Gasteiger partial charge in [-0.3, -0.25) is 4.79 Å². The van der Waals surface area contributed by atoms with E-state index in [-0.39, 0.29) is 18.3 Å². The van der Waals surface area contributed by atoms with Crippen molar-refractivity contribution in [2.45, 2.75) is 19.3 Å². The van der Waals surface area contributed by atoms with Crippen molar-refractivity contribution in [3.05, 3.63) is 23.2 Å². The Morgan fingerprint density at radius 1 is 1.45 bits per heavy atom. The van der Waals surface area contributed by atoms with Crippen LogP contribution in [0.15, 0.2) is 18.2 Å². The minimum atomic E-state index is 0. The number of hydrogen-bond donors (Lipinski definition) is 2. The quantitative estimate of drug-likeness (QED) is 0.896. The number of amides is 1. The lowest BCUT2D eigenvalue weighted by atomic mass is 9.94. The summed E-state index contributed by atoms with van der Waals surface area (Å²) in [5.74, 6) is 1.11. The van der Waals surface area contributed by atoms with E-state index in [9.17, 15) is 4.79 Å². The van der Waals surface area contributed by atoms with Gasteiger partial charge in [-0.25, -0.2) is 0 Å². The molecule has 20 heavy (non-hydrogen) atoms. The number of benzene rings is 1. The first-order valence-electron chi connectivity index (χ1n) is 6.53. The van der Waals surface area contributed by atoms with Crippen LogP contribution in [-0.2, 0) is 4.79 Å². The number of piperidine rings is 1. The van der Waals surface area contributed by atoms with E-state index >= 15 is 0 Å². The molecule has 0 unspecified atom stereocenters. The molecule has 2 N–H and O–H groups in total. The third-order valence-electron chi connectivity index (χ3n) is 3.37. The minimum absolute atomic E-state index is 0. The Bertz CT molecular complexity index is 449. The van der Waals surface area contributed by atoms with Gasteiger partial charge in [0.1, 0.15) is 5.75 Å². The highest BCUT2D eigenvalue weighted by Crippen LogP contribution is 2.28. The molecule has 0 aromatic heterocycles. The summed E-state index contributed by atoms with van der Waals surface area (Å²) in [7, 11) is 1.58. The van der Waals surface area contributed by atoms with Crippen molar-refractivity contribution in [2.75, 3.05) is 25.5 Å². The molecule has 1 aliphatic rings. The van der Waals surface area contributed by atoms with Gasteiger partial charge in [0.2, 0.25) is 5.91 Å². The van der Waals surface area contributed by atoms with Gasteiger partial charge in [-0.1, -0.05) is 11.6 Å². The molecule has 1 fully saturated rings.